The average molecular weight is 310 g/mol. The second kappa shape index (κ2) is 6.44. The van der Waals surface area contributed by atoms with E-state index >= 15 is 0 Å². The van der Waals surface area contributed by atoms with Gasteiger partial charge in [-0.15, -0.1) is 0 Å². The van der Waals surface area contributed by atoms with Crippen molar-refractivity contribution < 1.29 is 8.42 Å². The number of aryl methyl sites for hydroxylation is 2. The molecule has 116 valence electrons. The second-order valence-corrected chi connectivity index (χ2v) is 6.92. The molecule has 0 atom stereocenters. The van der Waals surface area contributed by atoms with Gasteiger partial charge >= 0.3 is 0 Å². The van der Waals surface area contributed by atoms with Crippen molar-refractivity contribution >= 4 is 26.7 Å². The second-order valence-electron chi connectivity index (χ2n) is 4.99. The number of anilines is 1. The summed E-state index contributed by atoms with van der Waals surface area (Å²) >= 11 is 0. The van der Waals surface area contributed by atoms with Gasteiger partial charge in [-0.3, -0.25) is 0 Å². The molecule has 1 aromatic heterocycles. The van der Waals surface area contributed by atoms with Gasteiger partial charge in [0.25, 0.3) is 0 Å². The molecule has 3 N–H and O–H groups in total. The van der Waals surface area contributed by atoms with Gasteiger partial charge in [0.15, 0.2) is 0 Å². The van der Waals surface area contributed by atoms with Gasteiger partial charge in [-0.05, 0) is 24.6 Å². The van der Waals surface area contributed by atoms with Crippen LogP contribution in [0.25, 0.3) is 11.0 Å². The summed E-state index contributed by atoms with van der Waals surface area (Å²) in [5.41, 5.74) is 8.20. The van der Waals surface area contributed by atoms with E-state index in [1.165, 1.54) is 0 Å². The number of rotatable bonds is 7. The minimum atomic E-state index is -3.24. The molecule has 0 saturated heterocycles. The molecule has 2 aromatic rings. The third-order valence-electron chi connectivity index (χ3n) is 3.27. The zero-order valence-corrected chi connectivity index (χ0v) is 13.3. The number of nitrogens with one attached hydrogen (secondary N) is 1. The molecule has 1 heterocycles. The summed E-state index contributed by atoms with van der Waals surface area (Å²) in [5, 5.41) is 0. The number of sulfonamides is 1. The predicted molar refractivity (Wildman–Crippen MR) is 85.6 cm³/mol. The first-order valence-corrected chi connectivity index (χ1v) is 8.84. The maximum atomic E-state index is 11.8. The number of hydrogen-bond acceptors (Lipinski definition) is 4. The van der Waals surface area contributed by atoms with Crippen molar-refractivity contribution in [2.75, 3.05) is 18.0 Å². The molecule has 0 aliphatic heterocycles. The van der Waals surface area contributed by atoms with E-state index in [4.69, 9.17) is 5.73 Å². The van der Waals surface area contributed by atoms with Crippen LogP contribution in [-0.4, -0.2) is 30.3 Å². The molecule has 0 fully saturated rings. The zero-order chi connectivity index (χ0) is 15.5. The van der Waals surface area contributed by atoms with Crippen molar-refractivity contribution in [2.45, 2.75) is 33.2 Å². The fourth-order valence-corrected chi connectivity index (χ4v) is 3.37. The number of nitrogens with zero attached hydrogens (tertiary/aromatic N) is 2. The summed E-state index contributed by atoms with van der Waals surface area (Å²) in [7, 11) is -3.24. The number of nitrogen functional groups attached to an aromatic ring is 1. The van der Waals surface area contributed by atoms with Crippen LogP contribution in [0.3, 0.4) is 0 Å². The minimum Gasteiger partial charge on any atom is -0.399 e. The van der Waals surface area contributed by atoms with Gasteiger partial charge in [-0.25, -0.2) is 18.1 Å². The maximum Gasteiger partial charge on any atom is 0.213 e. The summed E-state index contributed by atoms with van der Waals surface area (Å²) in [6.45, 7) is 4.65. The van der Waals surface area contributed by atoms with E-state index in [0.717, 1.165) is 29.7 Å². The summed E-state index contributed by atoms with van der Waals surface area (Å²) in [6.07, 6.45) is 1.77. The number of imidazole rings is 1. The van der Waals surface area contributed by atoms with E-state index in [0.29, 0.717) is 18.8 Å². The van der Waals surface area contributed by atoms with Crippen LogP contribution in [0.4, 0.5) is 5.69 Å². The fourth-order valence-electron chi connectivity index (χ4n) is 2.36. The quantitative estimate of drug-likeness (QED) is 0.759. The molecule has 2 rings (SSSR count). The van der Waals surface area contributed by atoms with E-state index in [-0.39, 0.29) is 5.75 Å². The number of fused-ring (bicyclic) bond motifs is 1. The van der Waals surface area contributed by atoms with Crippen molar-refractivity contribution in [3.05, 3.63) is 24.0 Å². The molecular weight excluding hydrogens is 288 g/mol. The topological polar surface area (TPSA) is 90.0 Å². The Labute approximate surface area is 125 Å². The lowest BCUT2D eigenvalue weighted by atomic mass is 10.3. The van der Waals surface area contributed by atoms with Gasteiger partial charge in [0, 0.05) is 25.2 Å². The molecule has 0 unspecified atom stereocenters. The van der Waals surface area contributed by atoms with Gasteiger partial charge in [0.2, 0.25) is 10.0 Å². The van der Waals surface area contributed by atoms with Crippen molar-refractivity contribution in [3.8, 4) is 0 Å². The van der Waals surface area contributed by atoms with Crippen molar-refractivity contribution in [3.63, 3.8) is 0 Å². The Morgan fingerprint density at radius 2 is 2.10 bits per heavy atom. The first-order valence-electron chi connectivity index (χ1n) is 7.18. The molecule has 0 radical (unpaired) electrons. The highest BCUT2D eigenvalue weighted by atomic mass is 32.2. The molecule has 0 amide bonds. The molecule has 0 spiro atoms. The standard InChI is InChI=1S/C14H22N4O2S/c1-3-5-14-17-12-10-11(15)6-7-13(12)18(14)8-9-21(19,20)16-4-2/h6-7,10,16H,3-5,8-9,15H2,1-2H3. The van der Waals surface area contributed by atoms with Crippen LogP contribution in [-0.2, 0) is 23.0 Å². The Bertz CT molecular complexity index is 722. The molecule has 0 aliphatic rings. The summed E-state index contributed by atoms with van der Waals surface area (Å²) in [5.74, 6) is 0.956. The number of hydrogen-bond donors (Lipinski definition) is 2. The minimum absolute atomic E-state index is 0.0490. The first-order chi connectivity index (χ1) is 9.96. The van der Waals surface area contributed by atoms with Crippen LogP contribution >= 0.6 is 0 Å². The smallest absolute Gasteiger partial charge is 0.213 e. The molecule has 6 nitrogen and oxygen atoms in total. The van der Waals surface area contributed by atoms with E-state index in [9.17, 15) is 8.42 Å². The van der Waals surface area contributed by atoms with Crippen LogP contribution in [0, 0.1) is 0 Å². The molecule has 21 heavy (non-hydrogen) atoms. The Morgan fingerprint density at radius 3 is 2.76 bits per heavy atom. The van der Waals surface area contributed by atoms with Gasteiger partial charge in [-0.1, -0.05) is 13.8 Å². The zero-order valence-electron chi connectivity index (χ0n) is 12.5. The molecule has 0 bridgehead atoms. The van der Waals surface area contributed by atoms with E-state index in [1.54, 1.807) is 6.92 Å². The largest absolute Gasteiger partial charge is 0.399 e. The number of aromatic nitrogens is 2. The van der Waals surface area contributed by atoms with Crippen LogP contribution in [0.15, 0.2) is 18.2 Å². The number of benzene rings is 1. The SMILES string of the molecule is CCCc1nc2cc(N)ccc2n1CCS(=O)(=O)NCC. The highest BCUT2D eigenvalue weighted by Crippen LogP contribution is 2.20. The first kappa shape index (κ1) is 15.8. The Hall–Kier alpha value is -1.60. The van der Waals surface area contributed by atoms with Crippen molar-refractivity contribution in [1.82, 2.24) is 14.3 Å². The summed E-state index contributed by atoms with van der Waals surface area (Å²) < 4.78 is 28.1. The molecule has 7 heteroatoms. The van der Waals surface area contributed by atoms with Crippen LogP contribution < -0.4 is 10.5 Å². The molecule has 1 aromatic carbocycles. The van der Waals surface area contributed by atoms with E-state index < -0.39 is 10.0 Å². The molecule has 0 aliphatic carbocycles. The van der Waals surface area contributed by atoms with Gasteiger partial charge < -0.3 is 10.3 Å². The Morgan fingerprint density at radius 1 is 1.33 bits per heavy atom. The summed E-state index contributed by atoms with van der Waals surface area (Å²) in [4.78, 5) is 4.58. The van der Waals surface area contributed by atoms with Gasteiger partial charge in [-0.2, -0.15) is 0 Å². The third kappa shape index (κ3) is 3.74. The normalized spacial score (nSPS) is 12.1. The average Bonchev–Trinajstić information content (AvgIpc) is 2.73. The van der Waals surface area contributed by atoms with E-state index in [1.807, 2.05) is 22.8 Å². The predicted octanol–water partition coefficient (Wildman–Crippen LogP) is 1.51. The lowest BCUT2D eigenvalue weighted by Gasteiger charge is -2.09. The highest BCUT2D eigenvalue weighted by Gasteiger charge is 2.14. The van der Waals surface area contributed by atoms with Crippen molar-refractivity contribution in [1.29, 1.82) is 0 Å². The van der Waals surface area contributed by atoms with Gasteiger partial charge in [0.05, 0.1) is 16.8 Å². The maximum absolute atomic E-state index is 11.8. The van der Waals surface area contributed by atoms with Crippen LogP contribution in [0.5, 0.6) is 0 Å². The fraction of sp³-hybridized carbons (Fsp3) is 0.500. The van der Waals surface area contributed by atoms with Crippen LogP contribution in [0.1, 0.15) is 26.1 Å². The number of nitrogens with two attached hydrogens (primary N) is 1. The van der Waals surface area contributed by atoms with Crippen LogP contribution in [0.2, 0.25) is 0 Å². The monoisotopic (exact) mass is 310 g/mol. The summed E-state index contributed by atoms with van der Waals surface area (Å²) in [6, 6.07) is 5.54. The molecule has 0 saturated carbocycles. The van der Waals surface area contributed by atoms with Gasteiger partial charge in [0.1, 0.15) is 5.82 Å². The highest BCUT2D eigenvalue weighted by molar-refractivity contribution is 7.89. The Kier molecular flexibility index (Phi) is 4.84. The lowest BCUT2D eigenvalue weighted by Crippen LogP contribution is -2.28. The third-order valence-corrected chi connectivity index (χ3v) is 4.72. The lowest BCUT2D eigenvalue weighted by molar-refractivity contribution is 0.575. The van der Waals surface area contributed by atoms with Crippen molar-refractivity contribution in [2.24, 2.45) is 0 Å². The molecular formula is C14H22N4O2S. The van der Waals surface area contributed by atoms with E-state index in [2.05, 4.69) is 16.6 Å². The Balaban J connectivity index is 2.34.